The van der Waals surface area contributed by atoms with E-state index in [1.54, 1.807) is 6.08 Å². The Morgan fingerprint density at radius 2 is 1.65 bits per heavy atom. The third-order valence-electron chi connectivity index (χ3n) is 3.11. The molecule has 0 amide bonds. The van der Waals surface area contributed by atoms with Crippen LogP contribution < -0.4 is 0 Å². The molecule has 0 aliphatic heterocycles. The number of fused-ring (bicyclic) bond motifs is 3. The molecule has 0 radical (unpaired) electrons. The summed E-state index contributed by atoms with van der Waals surface area (Å²) in [5.41, 5.74) is 4.20. The van der Waals surface area contributed by atoms with Crippen molar-refractivity contribution in [3.05, 3.63) is 83.7 Å². The normalized spacial score (nSPS) is 14.1. The monoisotopic (exact) mass is 353 g/mol. The van der Waals surface area contributed by atoms with Crippen LogP contribution in [0.3, 0.4) is 0 Å². The smallest absolute Gasteiger partial charge is 0.186 e. The minimum Gasteiger partial charge on any atom is -0.368 e. The summed E-state index contributed by atoms with van der Waals surface area (Å²) in [5, 5.41) is 0. The van der Waals surface area contributed by atoms with Crippen molar-refractivity contribution in [3.8, 4) is 0 Å². The molecule has 1 aromatic heterocycles. The fourth-order valence-corrected chi connectivity index (χ4v) is 2.23. The first-order valence-corrected chi connectivity index (χ1v) is 6.18. The van der Waals surface area contributed by atoms with Crippen LogP contribution in [0, 0.1) is 0 Å². The second kappa shape index (κ2) is 6.47. The van der Waals surface area contributed by atoms with E-state index >= 15 is 0 Å². The molecule has 3 heteroatoms. The van der Waals surface area contributed by atoms with Gasteiger partial charge in [0.05, 0.1) is 0 Å². The van der Waals surface area contributed by atoms with E-state index in [2.05, 4.69) is 11.1 Å². The summed E-state index contributed by atoms with van der Waals surface area (Å²) < 4.78 is 0. The van der Waals surface area contributed by atoms with Crippen LogP contribution in [0.25, 0.3) is 11.6 Å². The van der Waals surface area contributed by atoms with Crippen LogP contribution in [-0.4, -0.2) is 10.8 Å². The minimum absolute atomic E-state index is 0. The SMILES string of the molecule is O=C1C=CC=C2C1=Cc1ccccc12.[Pd].c1cc[nH]c1. The first-order valence-electron chi connectivity index (χ1n) is 6.18. The summed E-state index contributed by atoms with van der Waals surface area (Å²) in [6.07, 6.45) is 11.1. The van der Waals surface area contributed by atoms with Crippen molar-refractivity contribution in [2.24, 2.45) is 0 Å². The number of aromatic nitrogens is 1. The van der Waals surface area contributed by atoms with E-state index in [1.807, 2.05) is 61.0 Å². The van der Waals surface area contributed by atoms with E-state index in [9.17, 15) is 4.79 Å². The molecule has 2 aliphatic rings. The molecule has 0 atom stereocenters. The molecule has 0 unspecified atom stereocenters. The van der Waals surface area contributed by atoms with Gasteiger partial charge in [0.1, 0.15) is 0 Å². The third-order valence-corrected chi connectivity index (χ3v) is 3.11. The van der Waals surface area contributed by atoms with Crippen molar-refractivity contribution in [1.29, 1.82) is 0 Å². The number of carbonyl (C=O) groups excluding carboxylic acids is 1. The Hall–Kier alpha value is -1.95. The molecule has 20 heavy (non-hydrogen) atoms. The van der Waals surface area contributed by atoms with Crippen LogP contribution in [0.5, 0.6) is 0 Å². The Morgan fingerprint density at radius 1 is 0.900 bits per heavy atom. The van der Waals surface area contributed by atoms with Gasteiger partial charge in [-0.25, -0.2) is 0 Å². The van der Waals surface area contributed by atoms with Gasteiger partial charge in [-0.1, -0.05) is 36.4 Å². The van der Waals surface area contributed by atoms with Crippen molar-refractivity contribution in [2.75, 3.05) is 0 Å². The number of benzene rings is 1. The van der Waals surface area contributed by atoms with Crippen LogP contribution in [0.2, 0.25) is 0 Å². The molecule has 2 aromatic rings. The van der Waals surface area contributed by atoms with E-state index in [0.717, 1.165) is 16.7 Å². The number of hydrogen-bond acceptors (Lipinski definition) is 1. The third kappa shape index (κ3) is 2.80. The maximum atomic E-state index is 11.5. The zero-order valence-electron chi connectivity index (χ0n) is 10.7. The number of allylic oxidation sites excluding steroid dienone is 5. The molecule has 1 N–H and O–H groups in total. The van der Waals surface area contributed by atoms with E-state index in [0.29, 0.717) is 0 Å². The van der Waals surface area contributed by atoms with E-state index in [-0.39, 0.29) is 26.2 Å². The molecule has 1 aromatic carbocycles. The van der Waals surface area contributed by atoms with Gasteiger partial charge in [0, 0.05) is 38.4 Å². The van der Waals surface area contributed by atoms with Gasteiger partial charge >= 0.3 is 0 Å². The molecule has 0 bridgehead atoms. The predicted octanol–water partition coefficient (Wildman–Crippen LogP) is 3.62. The maximum Gasteiger partial charge on any atom is 0.186 e. The van der Waals surface area contributed by atoms with Gasteiger partial charge in [-0.3, -0.25) is 4.79 Å². The number of H-pyrrole nitrogens is 1. The van der Waals surface area contributed by atoms with Crippen molar-refractivity contribution in [1.82, 2.24) is 4.98 Å². The predicted molar refractivity (Wildman–Crippen MR) is 77.3 cm³/mol. The van der Waals surface area contributed by atoms with E-state index < -0.39 is 0 Å². The van der Waals surface area contributed by atoms with Crippen molar-refractivity contribution >= 4 is 17.4 Å². The summed E-state index contributed by atoms with van der Waals surface area (Å²) >= 11 is 0. The Bertz CT molecular complexity index is 676. The molecule has 1 heterocycles. The van der Waals surface area contributed by atoms with Crippen LogP contribution in [-0.2, 0) is 25.2 Å². The Labute approximate surface area is 131 Å². The zero-order valence-corrected chi connectivity index (χ0v) is 12.2. The summed E-state index contributed by atoms with van der Waals surface area (Å²) in [6, 6.07) is 12.0. The molecule has 0 fully saturated rings. The number of ketones is 1. The first-order chi connectivity index (χ1) is 9.36. The standard InChI is InChI=1S/C13H8O.C4H5N.Pd/c14-13-7-3-6-11-10-5-2-1-4-9(10)8-12(11)13;1-2-4-5-3-1;/h1-8H;1-5H;. The van der Waals surface area contributed by atoms with E-state index in [4.69, 9.17) is 0 Å². The van der Waals surface area contributed by atoms with Crippen LogP contribution >= 0.6 is 0 Å². The minimum atomic E-state index is 0. The van der Waals surface area contributed by atoms with Crippen LogP contribution in [0.1, 0.15) is 11.1 Å². The molecular formula is C17H13NOPd. The Morgan fingerprint density at radius 3 is 2.35 bits per heavy atom. The molecule has 0 saturated heterocycles. The molecule has 2 aliphatic carbocycles. The number of nitrogens with one attached hydrogen (secondary N) is 1. The van der Waals surface area contributed by atoms with Crippen molar-refractivity contribution < 1.29 is 25.2 Å². The first kappa shape index (κ1) is 14.5. The average molecular weight is 354 g/mol. The number of hydrogen-bond donors (Lipinski definition) is 1. The molecule has 4 rings (SSSR count). The van der Waals surface area contributed by atoms with Gasteiger partial charge in [-0.15, -0.1) is 0 Å². The second-order valence-electron chi connectivity index (χ2n) is 4.33. The average Bonchev–Trinajstić information content (AvgIpc) is 3.10. The van der Waals surface area contributed by atoms with Crippen molar-refractivity contribution in [3.63, 3.8) is 0 Å². The quantitative estimate of drug-likeness (QED) is 0.721. The Kier molecular flexibility index (Phi) is 4.68. The van der Waals surface area contributed by atoms with Gasteiger partial charge in [-0.05, 0) is 41.0 Å². The summed E-state index contributed by atoms with van der Waals surface area (Å²) in [6.45, 7) is 0. The largest absolute Gasteiger partial charge is 0.368 e. The van der Waals surface area contributed by atoms with E-state index in [1.165, 1.54) is 5.56 Å². The van der Waals surface area contributed by atoms with Gasteiger partial charge in [0.2, 0.25) is 0 Å². The number of rotatable bonds is 0. The van der Waals surface area contributed by atoms with Gasteiger partial charge in [0.15, 0.2) is 5.78 Å². The Balaban J connectivity index is 0.000000210. The fourth-order valence-electron chi connectivity index (χ4n) is 2.23. The molecular weight excluding hydrogens is 341 g/mol. The van der Waals surface area contributed by atoms with Gasteiger partial charge in [-0.2, -0.15) is 0 Å². The fraction of sp³-hybridized carbons (Fsp3) is 0. The zero-order chi connectivity index (χ0) is 13.1. The van der Waals surface area contributed by atoms with Crippen molar-refractivity contribution in [2.45, 2.75) is 0 Å². The summed E-state index contributed by atoms with van der Waals surface area (Å²) in [5.74, 6) is 0.110. The van der Waals surface area contributed by atoms with Gasteiger partial charge in [0.25, 0.3) is 0 Å². The van der Waals surface area contributed by atoms with Crippen LogP contribution in [0.4, 0.5) is 0 Å². The molecule has 2 nitrogen and oxygen atoms in total. The topological polar surface area (TPSA) is 32.9 Å². The molecule has 102 valence electrons. The molecule has 0 saturated carbocycles. The number of carbonyl (C=O) groups is 1. The second-order valence-corrected chi connectivity index (χ2v) is 4.33. The van der Waals surface area contributed by atoms with Crippen LogP contribution in [0.15, 0.2) is 72.6 Å². The maximum absolute atomic E-state index is 11.5. The molecule has 0 spiro atoms. The summed E-state index contributed by atoms with van der Waals surface area (Å²) in [4.78, 5) is 14.4. The number of aromatic amines is 1. The summed E-state index contributed by atoms with van der Waals surface area (Å²) in [7, 11) is 0. The van der Waals surface area contributed by atoms with Gasteiger partial charge < -0.3 is 4.98 Å².